The first-order valence-corrected chi connectivity index (χ1v) is 6.70. The lowest BCUT2D eigenvalue weighted by molar-refractivity contribution is 0.401. The first-order valence-electron chi connectivity index (χ1n) is 5.91. The van der Waals surface area contributed by atoms with Gasteiger partial charge in [0.25, 0.3) is 0 Å². The van der Waals surface area contributed by atoms with E-state index in [-0.39, 0.29) is 0 Å². The highest BCUT2D eigenvalue weighted by Gasteiger charge is 2.16. The second-order valence-electron chi connectivity index (χ2n) is 4.29. The van der Waals surface area contributed by atoms with Crippen molar-refractivity contribution in [2.45, 2.75) is 6.92 Å². The molecule has 3 aromatic rings. The number of rotatable bonds is 2. The third kappa shape index (κ3) is 1.90. The van der Waals surface area contributed by atoms with E-state index >= 15 is 0 Å². The number of aryl methyl sites for hydroxylation is 1. The smallest absolute Gasteiger partial charge is 0.245 e. The molecule has 0 fully saturated rings. The summed E-state index contributed by atoms with van der Waals surface area (Å²) in [4.78, 5) is 12.6. The number of aromatic nitrogens is 4. The Bertz CT molecular complexity index is 799. The number of nitrogens with two attached hydrogens (primary N) is 1. The van der Waals surface area contributed by atoms with E-state index in [1.165, 1.54) is 6.33 Å². The SMILES string of the molecule is COc1ncnc2c1nc(N)n2-c1ccc(Br)cc1C. The van der Waals surface area contributed by atoms with E-state index in [1.54, 1.807) is 11.7 Å². The van der Waals surface area contributed by atoms with Gasteiger partial charge < -0.3 is 10.5 Å². The number of anilines is 1. The van der Waals surface area contributed by atoms with Crippen LogP contribution < -0.4 is 10.5 Å². The predicted octanol–water partition coefficient (Wildman–Crippen LogP) is 2.48. The lowest BCUT2D eigenvalue weighted by Crippen LogP contribution is -2.03. The summed E-state index contributed by atoms with van der Waals surface area (Å²) in [7, 11) is 1.54. The van der Waals surface area contributed by atoms with Crippen molar-refractivity contribution in [3.05, 3.63) is 34.6 Å². The fourth-order valence-electron chi connectivity index (χ4n) is 2.15. The van der Waals surface area contributed by atoms with E-state index < -0.39 is 0 Å². The van der Waals surface area contributed by atoms with Gasteiger partial charge in [0.2, 0.25) is 11.8 Å². The number of halogens is 1. The maximum Gasteiger partial charge on any atom is 0.245 e. The van der Waals surface area contributed by atoms with Crippen molar-refractivity contribution in [2.24, 2.45) is 0 Å². The Morgan fingerprint density at radius 2 is 2.10 bits per heavy atom. The average molecular weight is 334 g/mol. The Kier molecular flexibility index (Phi) is 3.06. The molecular formula is C13H12BrN5O. The van der Waals surface area contributed by atoms with Gasteiger partial charge in [-0.05, 0) is 30.7 Å². The van der Waals surface area contributed by atoms with Gasteiger partial charge in [-0.3, -0.25) is 4.57 Å². The molecular weight excluding hydrogens is 322 g/mol. The number of imidazole rings is 1. The topological polar surface area (TPSA) is 78.8 Å². The largest absolute Gasteiger partial charge is 0.479 e. The summed E-state index contributed by atoms with van der Waals surface area (Å²) >= 11 is 3.45. The van der Waals surface area contributed by atoms with Crippen molar-refractivity contribution in [3.63, 3.8) is 0 Å². The van der Waals surface area contributed by atoms with Crippen LogP contribution in [0, 0.1) is 6.92 Å². The third-order valence-electron chi connectivity index (χ3n) is 3.03. The van der Waals surface area contributed by atoms with Gasteiger partial charge >= 0.3 is 0 Å². The molecule has 2 heterocycles. The van der Waals surface area contributed by atoms with E-state index in [0.717, 1.165) is 15.7 Å². The maximum atomic E-state index is 6.03. The molecule has 6 nitrogen and oxygen atoms in total. The van der Waals surface area contributed by atoms with Gasteiger partial charge in [-0.15, -0.1) is 0 Å². The van der Waals surface area contributed by atoms with Crippen LogP contribution in [0.3, 0.4) is 0 Å². The van der Waals surface area contributed by atoms with Crippen LogP contribution in [0.2, 0.25) is 0 Å². The molecule has 102 valence electrons. The van der Waals surface area contributed by atoms with Gasteiger partial charge in [-0.25, -0.2) is 9.97 Å². The lowest BCUT2D eigenvalue weighted by atomic mass is 10.2. The highest BCUT2D eigenvalue weighted by Crippen LogP contribution is 2.28. The van der Waals surface area contributed by atoms with Crippen LogP contribution in [-0.4, -0.2) is 26.6 Å². The molecule has 2 aromatic heterocycles. The summed E-state index contributed by atoms with van der Waals surface area (Å²) in [6.45, 7) is 2.00. The molecule has 20 heavy (non-hydrogen) atoms. The predicted molar refractivity (Wildman–Crippen MR) is 80.1 cm³/mol. The first kappa shape index (κ1) is 12.9. The normalized spacial score (nSPS) is 10.9. The number of nitrogen functional groups attached to an aromatic ring is 1. The van der Waals surface area contributed by atoms with Gasteiger partial charge in [0.15, 0.2) is 11.2 Å². The third-order valence-corrected chi connectivity index (χ3v) is 3.52. The summed E-state index contributed by atoms with van der Waals surface area (Å²) in [5, 5.41) is 0. The summed E-state index contributed by atoms with van der Waals surface area (Å²) in [5.41, 5.74) is 9.19. The van der Waals surface area contributed by atoms with E-state index in [2.05, 4.69) is 30.9 Å². The Morgan fingerprint density at radius 3 is 2.80 bits per heavy atom. The molecule has 0 aliphatic carbocycles. The molecule has 0 spiro atoms. The minimum absolute atomic E-state index is 0.351. The molecule has 0 saturated carbocycles. The van der Waals surface area contributed by atoms with Gasteiger partial charge in [-0.1, -0.05) is 15.9 Å². The second kappa shape index (κ2) is 4.75. The zero-order chi connectivity index (χ0) is 14.3. The molecule has 0 saturated heterocycles. The average Bonchev–Trinajstić information content (AvgIpc) is 2.75. The minimum atomic E-state index is 0.351. The van der Waals surface area contributed by atoms with Crippen LogP contribution in [0.1, 0.15) is 5.56 Å². The number of methoxy groups -OCH3 is 1. The minimum Gasteiger partial charge on any atom is -0.479 e. The molecule has 0 amide bonds. The molecule has 0 aliphatic rings. The Balaban J connectivity index is 2.34. The van der Waals surface area contributed by atoms with Crippen LogP contribution in [0.15, 0.2) is 29.0 Å². The first-order chi connectivity index (χ1) is 9.61. The fraction of sp³-hybridized carbons (Fsp3) is 0.154. The second-order valence-corrected chi connectivity index (χ2v) is 5.21. The molecule has 0 atom stereocenters. The standard InChI is InChI=1S/C13H12BrN5O/c1-7-5-8(14)3-4-9(7)19-11-10(18-13(19)15)12(20-2)17-6-16-11/h3-6H,1-2H3,(H2,15,18). The highest BCUT2D eigenvalue weighted by molar-refractivity contribution is 9.10. The monoisotopic (exact) mass is 333 g/mol. The quantitative estimate of drug-likeness (QED) is 0.779. The number of hydrogen-bond acceptors (Lipinski definition) is 5. The zero-order valence-corrected chi connectivity index (χ0v) is 12.5. The van der Waals surface area contributed by atoms with Crippen LogP contribution in [-0.2, 0) is 0 Å². The van der Waals surface area contributed by atoms with Crippen molar-refractivity contribution in [2.75, 3.05) is 12.8 Å². The summed E-state index contributed by atoms with van der Waals surface area (Å²) in [5.74, 6) is 0.763. The fourth-order valence-corrected chi connectivity index (χ4v) is 2.62. The number of ether oxygens (including phenoxy) is 1. The molecule has 7 heteroatoms. The van der Waals surface area contributed by atoms with Gasteiger partial charge in [0.05, 0.1) is 12.8 Å². The maximum absolute atomic E-state index is 6.03. The number of hydrogen-bond donors (Lipinski definition) is 1. The molecule has 0 unspecified atom stereocenters. The van der Waals surface area contributed by atoms with Gasteiger partial charge in [-0.2, -0.15) is 4.98 Å². The number of nitrogens with zero attached hydrogens (tertiary/aromatic N) is 4. The number of fused-ring (bicyclic) bond motifs is 1. The Hall–Kier alpha value is -2.15. The van der Waals surface area contributed by atoms with Crippen molar-refractivity contribution in [1.82, 2.24) is 19.5 Å². The summed E-state index contributed by atoms with van der Waals surface area (Å²) in [6, 6.07) is 5.93. The molecule has 0 bridgehead atoms. The van der Waals surface area contributed by atoms with Crippen LogP contribution in [0.25, 0.3) is 16.9 Å². The van der Waals surface area contributed by atoms with Gasteiger partial charge in [0, 0.05) is 4.47 Å². The van der Waals surface area contributed by atoms with E-state index in [9.17, 15) is 0 Å². The summed E-state index contributed by atoms with van der Waals surface area (Å²) < 4.78 is 7.99. The van der Waals surface area contributed by atoms with E-state index in [0.29, 0.717) is 23.0 Å². The lowest BCUT2D eigenvalue weighted by Gasteiger charge is -2.09. The molecule has 1 aromatic carbocycles. The molecule has 2 N–H and O–H groups in total. The zero-order valence-electron chi connectivity index (χ0n) is 11.0. The Morgan fingerprint density at radius 1 is 1.30 bits per heavy atom. The Labute approximate surface area is 123 Å². The van der Waals surface area contributed by atoms with Crippen LogP contribution >= 0.6 is 15.9 Å². The van der Waals surface area contributed by atoms with Crippen LogP contribution in [0.4, 0.5) is 5.95 Å². The molecule has 0 aliphatic heterocycles. The highest BCUT2D eigenvalue weighted by atomic mass is 79.9. The van der Waals surface area contributed by atoms with Crippen LogP contribution in [0.5, 0.6) is 5.88 Å². The van der Waals surface area contributed by atoms with Crippen molar-refractivity contribution >= 4 is 33.0 Å². The van der Waals surface area contributed by atoms with Gasteiger partial charge in [0.1, 0.15) is 6.33 Å². The number of benzene rings is 1. The van der Waals surface area contributed by atoms with Crippen molar-refractivity contribution in [3.8, 4) is 11.6 Å². The molecule has 0 radical (unpaired) electrons. The van der Waals surface area contributed by atoms with Crippen molar-refractivity contribution < 1.29 is 4.74 Å². The van der Waals surface area contributed by atoms with E-state index in [1.807, 2.05) is 25.1 Å². The summed E-state index contributed by atoms with van der Waals surface area (Å²) in [6.07, 6.45) is 1.44. The van der Waals surface area contributed by atoms with Crippen molar-refractivity contribution in [1.29, 1.82) is 0 Å². The van der Waals surface area contributed by atoms with E-state index in [4.69, 9.17) is 10.5 Å². The molecule has 3 rings (SSSR count).